The van der Waals surface area contributed by atoms with Crippen molar-refractivity contribution in [2.45, 2.75) is 19.5 Å². The molecule has 0 unspecified atom stereocenters. The Kier molecular flexibility index (Phi) is 7.31. The van der Waals surface area contributed by atoms with Gasteiger partial charge in [-0.15, -0.1) is 34.0 Å². The van der Waals surface area contributed by atoms with Gasteiger partial charge in [0.1, 0.15) is 5.75 Å². The van der Waals surface area contributed by atoms with E-state index in [-0.39, 0.29) is 18.2 Å². The van der Waals surface area contributed by atoms with Crippen molar-refractivity contribution in [2.75, 3.05) is 12.4 Å². The van der Waals surface area contributed by atoms with Crippen molar-refractivity contribution in [1.29, 1.82) is 0 Å². The topological polar surface area (TPSA) is 71.5 Å². The van der Waals surface area contributed by atoms with Crippen molar-refractivity contribution in [2.24, 2.45) is 0 Å². The maximum atomic E-state index is 13.2. The molecule has 9 heteroatoms. The molecule has 0 aliphatic rings. The largest absolute Gasteiger partial charge is 0.496 e. The summed E-state index contributed by atoms with van der Waals surface area (Å²) in [7, 11) is 1.63. The molecule has 1 N–H and O–H groups in total. The van der Waals surface area contributed by atoms with Crippen LogP contribution < -0.4 is 10.1 Å². The van der Waals surface area contributed by atoms with Crippen LogP contribution in [-0.4, -0.2) is 28.8 Å². The second kappa shape index (κ2) is 10.5. The summed E-state index contributed by atoms with van der Waals surface area (Å²) in [4.78, 5) is 33.4. The summed E-state index contributed by atoms with van der Waals surface area (Å²) in [5.41, 5.74) is 1.58. The van der Waals surface area contributed by atoms with Crippen LogP contribution in [0.15, 0.2) is 64.7 Å². The molecule has 2 amide bonds. The fourth-order valence-electron chi connectivity index (χ4n) is 3.14. The van der Waals surface area contributed by atoms with E-state index in [1.807, 2.05) is 63.5 Å². The summed E-state index contributed by atoms with van der Waals surface area (Å²) in [5, 5.41) is 8.95. The molecule has 0 saturated carbocycles. The monoisotopic (exact) mass is 483 g/mol. The molecule has 0 aliphatic carbocycles. The van der Waals surface area contributed by atoms with Crippen LogP contribution in [0.3, 0.4) is 0 Å². The summed E-state index contributed by atoms with van der Waals surface area (Å²) in [5.74, 6) is 0.525. The van der Waals surface area contributed by atoms with Crippen molar-refractivity contribution in [3.05, 3.63) is 85.7 Å². The van der Waals surface area contributed by atoms with E-state index in [1.54, 1.807) is 24.5 Å². The summed E-state index contributed by atoms with van der Waals surface area (Å²) in [6.07, 6.45) is 0.159. The lowest BCUT2D eigenvalue weighted by atomic mass is 10.1. The van der Waals surface area contributed by atoms with Gasteiger partial charge in [0, 0.05) is 22.4 Å². The minimum atomic E-state index is -0.192. The van der Waals surface area contributed by atoms with Gasteiger partial charge in [0.2, 0.25) is 5.91 Å². The average Bonchev–Trinajstić information content (AvgIpc) is 3.57. The number of anilines is 1. The number of carbonyl (C=O) groups is 2. The zero-order chi connectivity index (χ0) is 22.3. The van der Waals surface area contributed by atoms with E-state index in [0.717, 1.165) is 16.2 Å². The molecule has 0 aliphatic heterocycles. The van der Waals surface area contributed by atoms with Gasteiger partial charge >= 0.3 is 0 Å². The predicted molar refractivity (Wildman–Crippen MR) is 130 cm³/mol. The number of amides is 2. The number of nitrogens with one attached hydrogen (secondary N) is 1. The molecule has 4 rings (SSSR count). The third-order valence-electron chi connectivity index (χ3n) is 4.68. The second-order valence-corrected chi connectivity index (χ2v) is 9.73. The smallest absolute Gasteiger partial charge is 0.267 e. The number of thiophene rings is 2. The van der Waals surface area contributed by atoms with Crippen molar-refractivity contribution in [3.8, 4) is 5.75 Å². The highest BCUT2D eigenvalue weighted by Gasteiger charge is 2.19. The first-order chi connectivity index (χ1) is 15.6. The molecule has 0 atom stereocenters. The van der Waals surface area contributed by atoms with Gasteiger partial charge in [-0.3, -0.25) is 14.9 Å². The third-order valence-corrected chi connectivity index (χ3v) is 7.22. The summed E-state index contributed by atoms with van der Waals surface area (Å²) >= 11 is 4.31. The number of hydrogen-bond donors (Lipinski definition) is 1. The highest BCUT2D eigenvalue weighted by molar-refractivity contribution is 7.14. The minimum absolute atomic E-state index is 0.0364. The molecule has 3 aromatic heterocycles. The molecule has 164 valence electrons. The Labute approximate surface area is 198 Å². The van der Waals surface area contributed by atoms with E-state index in [9.17, 15) is 9.59 Å². The molecule has 0 radical (unpaired) electrons. The first-order valence-electron chi connectivity index (χ1n) is 9.83. The van der Waals surface area contributed by atoms with E-state index < -0.39 is 0 Å². The number of methoxy groups -OCH3 is 1. The molecule has 0 bridgehead atoms. The maximum Gasteiger partial charge on any atom is 0.267 e. The van der Waals surface area contributed by atoms with Gasteiger partial charge in [-0.2, -0.15) is 0 Å². The molecule has 6 nitrogen and oxygen atoms in total. The molecule has 0 fully saturated rings. The molecule has 1 aromatic carbocycles. The zero-order valence-corrected chi connectivity index (χ0v) is 19.8. The fourth-order valence-corrected chi connectivity index (χ4v) is 5.18. The lowest BCUT2D eigenvalue weighted by Gasteiger charge is -2.23. The third kappa shape index (κ3) is 5.61. The maximum absolute atomic E-state index is 13.2. The number of benzene rings is 1. The molecule has 0 saturated heterocycles. The Bertz CT molecular complexity index is 1170. The first-order valence-corrected chi connectivity index (χ1v) is 12.5. The molecule has 4 aromatic rings. The van der Waals surface area contributed by atoms with Crippen LogP contribution in [0.5, 0.6) is 5.75 Å². The first kappa shape index (κ1) is 22.2. The van der Waals surface area contributed by atoms with Crippen LogP contribution in [0.4, 0.5) is 5.13 Å². The van der Waals surface area contributed by atoms with Crippen molar-refractivity contribution in [3.63, 3.8) is 0 Å². The highest BCUT2D eigenvalue weighted by atomic mass is 32.1. The number of ether oxygens (including phenoxy) is 1. The Morgan fingerprint density at radius 3 is 2.56 bits per heavy atom. The SMILES string of the molecule is COc1ccccc1CN(Cc1cccs1)C(=O)Cc1csc(NC(=O)c2cccs2)n1. The van der Waals surface area contributed by atoms with Crippen LogP contribution in [-0.2, 0) is 24.3 Å². The normalized spacial score (nSPS) is 10.7. The lowest BCUT2D eigenvalue weighted by molar-refractivity contribution is -0.131. The second-order valence-electron chi connectivity index (χ2n) is 6.89. The van der Waals surface area contributed by atoms with Gasteiger partial charge in [-0.1, -0.05) is 30.3 Å². The van der Waals surface area contributed by atoms with E-state index in [0.29, 0.717) is 28.8 Å². The van der Waals surface area contributed by atoms with Crippen molar-refractivity contribution >= 4 is 51.0 Å². The standard InChI is InChI=1S/C23H21N3O3S3/c1-29-19-8-3-2-6-16(19)13-26(14-18-7-4-10-30-18)21(27)12-17-15-32-23(24-17)25-22(28)20-9-5-11-31-20/h2-11,15H,12-14H2,1H3,(H,24,25,28). The zero-order valence-electron chi connectivity index (χ0n) is 17.3. The summed E-state index contributed by atoms with van der Waals surface area (Å²) in [6.45, 7) is 0.952. The van der Waals surface area contributed by atoms with Gasteiger partial charge in [-0.25, -0.2) is 4.98 Å². The van der Waals surface area contributed by atoms with E-state index in [4.69, 9.17) is 4.74 Å². The van der Waals surface area contributed by atoms with Gasteiger partial charge in [0.15, 0.2) is 5.13 Å². The lowest BCUT2D eigenvalue weighted by Crippen LogP contribution is -2.31. The Balaban J connectivity index is 1.46. The Hall–Kier alpha value is -3.01. The quantitative estimate of drug-likeness (QED) is 0.351. The summed E-state index contributed by atoms with van der Waals surface area (Å²) < 4.78 is 5.46. The Morgan fingerprint density at radius 2 is 1.81 bits per heavy atom. The number of carbonyl (C=O) groups excluding carboxylic acids is 2. The number of hydrogen-bond acceptors (Lipinski definition) is 7. The van der Waals surface area contributed by atoms with Gasteiger partial charge < -0.3 is 9.64 Å². The number of aromatic nitrogens is 1. The van der Waals surface area contributed by atoms with E-state index in [2.05, 4.69) is 10.3 Å². The van der Waals surface area contributed by atoms with E-state index >= 15 is 0 Å². The molecular formula is C23H21N3O3S3. The van der Waals surface area contributed by atoms with E-state index in [1.165, 1.54) is 22.7 Å². The minimum Gasteiger partial charge on any atom is -0.496 e. The van der Waals surface area contributed by atoms with Gasteiger partial charge in [-0.05, 0) is 29.0 Å². The number of rotatable bonds is 9. The van der Waals surface area contributed by atoms with Gasteiger partial charge in [0.25, 0.3) is 5.91 Å². The summed E-state index contributed by atoms with van der Waals surface area (Å²) in [6, 6.07) is 15.3. The highest BCUT2D eigenvalue weighted by Crippen LogP contribution is 2.23. The molecule has 32 heavy (non-hydrogen) atoms. The van der Waals surface area contributed by atoms with Gasteiger partial charge in [0.05, 0.1) is 30.6 Å². The van der Waals surface area contributed by atoms with Crippen molar-refractivity contribution in [1.82, 2.24) is 9.88 Å². The number of thiazole rings is 1. The van der Waals surface area contributed by atoms with Crippen LogP contribution in [0, 0.1) is 0 Å². The molecular weight excluding hydrogens is 462 g/mol. The Morgan fingerprint density at radius 1 is 1.00 bits per heavy atom. The number of para-hydroxylation sites is 1. The average molecular weight is 484 g/mol. The number of nitrogens with zero attached hydrogens (tertiary/aromatic N) is 2. The molecule has 0 spiro atoms. The van der Waals surface area contributed by atoms with Crippen LogP contribution in [0.2, 0.25) is 0 Å². The van der Waals surface area contributed by atoms with Crippen molar-refractivity contribution < 1.29 is 14.3 Å². The molecule has 3 heterocycles. The fraction of sp³-hybridized carbons (Fsp3) is 0.174. The van der Waals surface area contributed by atoms with Crippen LogP contribution in [0.1, 0.15) is 25.8 Å². The predicted octanol–water partition coefficient (Wildman–Crippen LogP) is 5.30. The van der Waals surface area contributed by atoms with Crippen LogP contribution >= 0.6 is 34.0 Å². The van der Waals surface area contributed by atoms with Crippen LogP contribution in [0.25, 0.3) is 0 Å².